The molecule has 2 aromatic carbocycles. The quantitative estimate of drug-likeness (QED) is 0.235. The number of halogens is 2. The molecule has 0 atom stereocenters. The number of nitrogens with one attached hydrogen (secondary N) is 4. The van der Waals surface area contributed by atoms with Crippen molar-refractivity contribution in [2.45, 2.75) is 6.54 Å². The molecular weight excluding hydrogens is 518 g/mol. The van der Waals surface area contributed by atoms with Gasteiger partial charge in [0.25, 0.3) is 0 Å². The van der Waals surface area contributed by atoms with E-state index in [1.54, 1.807) is 18.2 Å². The smallest absolute Gasteiger partial charge is 0.353 e. The minimum absolute atomic E-state index is 0.0520. The zero-order valence-electron chi connectivity index (χ0n) is 18.8. The highest BCUT2D eigenvalue weighted by Gasteiger charge is 2.33. The van der Waals surface area contributed by atoms with Gasteiger partial charge in [0.05, 0.1) is 5.69 Å². The normalized spacial score (nSPS) is 12.1. The van der Waals surface area contributed by atoms with Crippen molar-refractivity contribution in [3.05, 3.63) is 65.7 Å². The Bertz CT molecular complexity index is 1640. The highest BCUT2D eigenvalue weighted by Crippen LogP contribution is 2.29. The van der Waals surface area contributed by atoms with E-state index in [2.05, 4.69) is 31.0 Å². The molecule has 4 rings (SSSR count). The number of hydrogen-bond donors (Lipinski definition) is 4. The lowest BCUT2D eigenvalue weighted by molar-refractivity contribution is 0.528. The predicted octanol–water partition coefficient (Wildman–Crippen LogP) is 2.53. The summed E-state index contributed by atoms with van der Waals surface area (Å²) in [5.74, 6) is -1.32. The van der Waals surface area contributed by atoms with Crippen molar-refractivity contribution in [3.63, 3.8) is 0 Å². The molecule has 0 saturated carbocycles. The molecule has 0 bridgehead atoms. The van der Waals surface area contributed by atoms with Crippen LogP contribution in [0, 0.1) is 11.6 Å². The topological polar surface area (TPSA) is 162 Å². The lowest BCUT2D eigenvalue weighted by Gasteiger charge is -2.17. The lowest BCUT2D eigenvalue weighted by atomic mass is 10.2. The van der Waals surface area contributed by atoms with Crippen molar-refractivity contribution in [2.75, 3.05) is 29.5 Å². The van der Waals surface area contributed by atoms with Gasteiger partial charge in [-0.3, -0.25) is 4.72 Å². The number of fused-ring (bicyclic) bond motifs is 1. The summed E-state index contributed by atoms with van der Waals surface area (Å²) in [4.78, 5) is 4.31. The van der Waals surface area contributed by atoms with Gasteiger partial charge < -0.3 is 10.6 Å². The molecule has 0 unspecified atom stereocenters. The van der Waals surface area contributed by atoms with E-state index in [1.165, 1.54) is 18.2 Å². The summed E-state index contributed by atoms with van der Waals surface area (Å²) in [5.41, 5.74) is 1.55. The molecule has 0 fully saturated rings. The van der Waals surface area contributed by atoms with Gasteiger partial charge in [-0.15, -0.1) is 0 Å². The standard InChI is InChI=1S/C20H20F2N8O4S2/c1-30(2)36(33,34)35(31,32)28-17-7-8-19(23-11-12-3-4-13(21)9-15(12)22)25-20(17)24-14-5-6-16-18(10-14)27-29-26-16/h3-10,28H,11H2,1-2H3,(H2,23,24,25)(H,26,27,29). The summed E-state index contributed by atoms with van der Waals surface area (Å²) in [6, 6.07) is 10.7. The summed E-state index contributed by atoms with van der Waals surface area (Å²) in [5, 5.41) is 16.2. The minimum atomic E-state index is -4.90. The Kier molecular flexibility index (Phi) is 6.75. The molecule has 2 aromatic heterocycles. The van der Waals surface area contributed by atoms with Gasteiger partial charge in [-0.05, 0) is 36.4 Å². The Morgan fingerprint density at radius 3 is 2.42 bits per heavy atom. The maximum Gasteiger partial charge on any atom is 0.353 e. The van der Waals surface area contributed by atoms with Crippen LogP contribution in [-0.2, 0) is 24.7 Å². The molecule has 0 saturated heterocycles. The molecule has 4 N–H and O–H groups in total. The molecule has 4 aromatic rings. The fourth-order valence-electron chi connectivity index (χ4n) is 3.02. The van der Waals surface area contributed by atoms with Crippen molar-refractivity contribution in [1.82, 2.24) is 24.7 Å². The summed E-state index contributed by atoms with van der Waals surface area (Å²) in [7, 11) is -7.45. The Hall–Kier alpha value is -3.89. The van der Waals surface area contributed by atoms with Crippen LogP contribution in [-0.4, -0.2) is 55.6 Å². The molecule has 36 heavy (non-hydrogen) atoms. The van der Waals surface area contributed by atoms with Crippen molar-refractivity contribution in [2.24, 2.45) is 0 Å². The Balaban J connectivity index is 1.67. The van der Waals surface area contributed by atoms with Crippen LogP contribution >= 0.6 is 0 Å². The van der Waals surface area contributed by atoms with E-state index in [0.717, 1.165) is 26.2 Å². The number of pyridine rings is 1. The molecule has 2 heterocycles. The van der Waals surface area contributed by atoms with Crippen molar-refractivity contribution < 1.29 is 25.6 Å². The Morgan fingerprint density at radius 1 is 0.944 bits per heavy atom. The van der Waals surface area contributed by atoms with Gasteiger partial charge in [-0.25, -0.2) is 13.8 Å². The summed E-state index contributed by atoms with van der Waals surface area (Å²) >= 11 is 0. The van der Waals surface area contributed by atoms with Crippen LogP contribution in [0.15, 0.2) is 48.5 Å². The van der Waals surface area contributed by atoms with Crippen molar-refractivity contribution in [1.29, 1.82) is 0 Å². The van der Waals surface area contributed by atoms with E-state index < -0.39 is 29.7 Å². The first-order valence-corrected chi connectivity index (χ1v) is 13.6. The number of benzene rings is 2. The maximum absolute atomic E-state index is 14.0. The summed E-state index contributed by atoms with van der Waals surface area (Å²) < 4.78 is 79.4. The molecule has 0 aliphatic rings. The molecule has 0 amide bonds. The lowest BCUT2D eigenvalue weighted by Crippen LogP contribution is -2.34. The van der Waals surface area contributed by atoms with Crippen LogP contribution in [0.1, 0.15) is 5.56 Å². The second-order valence-corrected chi connectivity index (χ2v) is 12.9. The van der Waals surface area contributed by atoms with Crippen molar-refractivity contribution >= 4 is 52.2 Å². The zero-order valence-corrected chi connectivity index (χ0v) is 20.5. The zero-order chi connectivity index (χ0) is 26.1. The van der Waals surface area contributed by atoms with Gasteiger partial charge in [0.15, 0.2) is 5.82 Å². The van der Waals surface area contributed by atoms with E-state index in [1.807, 2.05) is 4.72 Å². The molecule has 0 radical (unpaired) electrons. The summed E-state index contributed by atoms with van der Waals surface area (Å²) in [6.07, 6.45) is 0. The van der Waals surface area contributed by atoms with Crippen LogP contribution in [0.2, 0.25) is 0 Å². The predicted molar refractivity (Wildman–Crippen MR) is 130 cm³/mol. The maximum atomic E-state index is 14.0. The van der Waals surface area contributed by atoms with E-state index in [9.17, 15) is 25.6 Å². The van der Waals surface area contributed by atoms with Gasteiger partial charge in [-0.1, -0.05) is 6.07 Å². The molecule has 190 valence electrons. The molecular formula is C20H20F2N8O4S2. The molecule has 12 nitrogen and oxygen atoms in total. The van der Waals surface area contributed by atoms with Gasteiger partial charge in [0.1, 0.15) is 28.5 Å². The SMILES string of the molecule is CN(C)S(=O)(=O)S(=O)(=O)Nc1ccc(NCc2ccc(F)cc2F)nc1Nc1ccc2n[nH]nc2c1. The first-order valence-electron chi connectivity index (χ1n) is 10.2. The van der Waals surface area contributed by atoms with Gasteiger partial charge in [0, 0.05) is 38.0 Å². The van der Waals surface area contributed by atoms with E-state index in [4.69, 9.17) is 0 Å². The molecule has 0 aliphatic carbocycles. The third kappa shape index (κ3) is 5.19. The monoisotopic (exact) mass is 538 g/mol. The van der Waals surface area contributed by atoms with Crippen LogP contribution < -0.4 is 15.4 Å². The number of aromatic nitrogens is 4. The highest BCUT2D eigenvalue weighted by atomic mass is 33.2. The van der Waals surface area contributed by atoms with Crippen molar-refractivity contribution in [3.8, 4) is 0 Å². The van der Waals surface area contributed by atoms with Crippen LogP contribution in [0.5, 0.6) is 0 Å². The van der Waals surface area contributed by atoms with Gasteiger partial charge >= 0.3 is 18.1 Å². The average Bonchev–Trinajstić information content (AvgIpc) is 3.27. The second kappa shape index (κ2) is 9.63. The van der Waals surface area contributed by atoms with Crippen LogP contribution in [0.4, 0.5) is 31.8 Å². The van der Waals surface area contributed by atoms with E-state index in [-0.39, 0.29) is 29.4 Å². The number of anilines is 4. The van der Waals surface area contributed by atoms with Gasteiger partial charge in [0.2, 0.25) is 0 Å². The van der Waals surface area contributed by atoms with Gasteiger partial charge in [-0.2, -0.15) is 36.6 Å². The Labute approximate surface area is 204 Å². The fraction of sp³-hybridized carbons (Fsp3) is 0.150. The molecule has 0 spiro atoms. The third-order valence-electron chi connectivity index (χ3n) is 4.91. The highest BCUT2D eigenvalue weighted by molar-refractivity contribution is 8.66. The van der Waals surface area contributed by atoms with Crippen LogP contribution in [0.3, 0.4) is 0 Å². The van der Waals surface area contributed by atoms with Crippen LogP contribution in [0.25, 0.3) is 11.0 Å². The number of rotatable bonds is 9. The molecule has 16 heteroatoms. The number of nitrogens with zero attached hydrogens (tertiary/aromatic N) is 4. The van der Waals surface area contributed by atoms with E-state index >= 15 is 0 Å². The second-order valence-electron chi connectivity index (χ2n) is 7.63. The first-order chi connectivity index (χ1) is 17.0. The third-order valence-corrected chi connectivity index (χ3v) is 9.64. The largest absolute Gasteiger partial charge is 0.366 e. The summed E-state index contributed by atoms with van der Waals surface area (Å²) in [6.45, 7) is -0.0520. The Morgan fingerprint density at radius 2 is 1.69 bits per heavy atom. The fourth-order valence-corrected chi connectivity index (χ4v) is 5.72. The minimum Gasteiger partial charge on any atom is -0.366 e. The number of aromatic amines is 1. The van der Waals surface area contributed by atoms with E-state index in [0.29, 0.717) is 21.0 Å². The first kappa shape index (κ1) is 25.2. The average molecular weight is 539 g/mol. The number of H-pyrrole nitrogens is 1. The number of hydrogen-bond acceptors (Lipinski definition) is 9. The molecule has 0 aliphatic heterocycles.